The fraction of sp³-hybridized carbons (Fsp3) is 0.0667. The number of hydrogen-bond donors (Lipinski definition) is 1. The van der Waals surface area contributed by atoms with E-state index >= 15 is 0 Å². The van der Waals surface area contributed by atoms with E-state index in [2.05, 4.69) is 10.3 Å². The summed E-state index contributed by atoms with van der Waals surface area (Å²) in [5, 5.41) is 3.29. The number of imidazole rings is 1. The summed E-state index contributed by atoms with van der Waals surface area (Å²) in [6.45, 7) is 1.47. The number of nitrogens with zero attached hydrogens (tertiary/aromatic N) is 2. The molecule has 1 amide bonds. The van der Waals surface area contributed by atoms with Crippen molar-refractivity contribution in [3.63, 3.8) is 0 Å². The van der Waals surface area contributed by atoms with E-state index in [0.717, 1.165) is 11.1 Å². The van der Waals surface area contributed by atoms with Gasteiger partial charge < -0.3 is 5.32 Å². The lowest BCUT2D eigenvalue weighted by molar-refractivity contribution is -0.114. The third kappa shape index (κ3) is 2.26. The van der Waals surface area contributed by atoms with Gasteiger partial charge in [-0.05, 0) is 11.6 Å². The molecular formula is C15H12ClN3O. The van der Waals surface area contributed by atoms with Gasteiger partial charge in [-0.1, -0.05) is 41.9 Å². The number of rotatable bonds is 2. The van der Waals surface area contributed by atoms with Gasteiger partial charge in [-0.3, -0.25) is 9.20 Å². The van der Waals surface area contributed by atoms with Gasteiger partial charge in [0.1, 0.15) is 5.15 Å². The van der Waals surface area contributed by atoms with Crippen molar-refractivity contribution in [3.8, 4) is 11.1 Å². The summed E-state index contributed by atoms with van der Waals surface area (Å²) >= 11 is 6.13. The third-order valence-corrected chi connectivity index (χ3v) is 3.26. The first-order valence-electron chi connectivity index (χ1n) is 6.15. The summed E-state index contributed by atoms with van der Waals surface area (Å²) in [7, 11) is 0. The fourth-order valence-electron chi connectivity index (χ4n) is 2.13. The number of benzene rings is 1. The lowest BCUT2D eigenvalue weighted by Crippen LogP contribution is -2.07. The van der Waals surface area contributed by atoms with Crippen LogP contribution in [0, 0.1) is 0 Å². The molecule has 0 aliphatic carbocycles. The fourth-order valence-corrected chi connectivity index (χ4v) is 2.31. The molecule has 20 heavy (non-hydrogen) atoms. The summed E-state index contributed by atoms with van der Waals surface area (Å²) < 4.78 is 1.76. The first kappa shape index (κ1) is 12.7. The molecule has 1 aromatic carbocycles. The second kappa shape index (κ2) is 4.98. The van der Waals surface area contributed by atoms with Crippen molar-refractivity contribution in [1.82, 2.24) is 9.38 Å². The van der Waals surface area contributed by atoms with E-state index in [1.54, 1.807) is 10.6 Å². The Hall–Kier alpha value is -2.33. The van der Waals surface area contributed by atoms with E-state index in [4.69, 9.17) is 11.6 Å². The van der Waals surface area contributed by atoms with E-state index < -0.39 is 0 Å². The third-order valence-electron chi connectivity index (χ3n) is 2.98. The number of nitrogens with one attached hydrogen (secondary N) is 1. The molecule has 5 heteroatoms. The Bertz CT molecular complexity index is 780. The molecule has 0 unspecified atom stereocenters. The standard InChI is InChI=1S/C15H12ClN3O/c1-10(20)18-13-7-12(11-5-3-2-4-6-11)9-19-14(16)8-17-15(13)19/h2-9H,1H3,(H,18,20). The predicted molar refractivity (Wildman–Crippen MR) is 79.9 cm³/mol. The van der Waals surface area contributed by atoms with Crippen LogP contribution in [0.5, 0.6) is 0 Å². The molecule has 0 spiro atoms. The van der Waals surface area contributed by atoms with Crippen LogP contribution in [-0.4, -0.2) is 15.3 Å². The Morgan fingerprint density at radius 2 is 2.00 bits per heavy atom. The molecule has 0 aliphatic rings. The largest absolute Gasteiger partial charge is 0.323 e. The number of carbonyl (C=O) groups is 1. The molecule has 0 radical (unpaired) electrons. The minimum Gasteiger partial charge on any atom is -0.323 e. The van der Waals surface area contributed by atoms with E-state index in [9.17, 15) is 4.79 Å². The Morgan fingerprint density at radius 1 is 1.25 bits per heavy atom. The number of halogens is 1. The second-order valence-electron chi connectivity index (χ2n) is 4.46. The maximum atomic E-state index is 11.3. The molecule has 3 rings (SSSR count). The van der Waals surface area contributed by atoms with Gasteiger partial charge in [0.2, 0.25) is 5.91 Å². The van der Waals surface area contributed by atoms with Gasteiger partial charge in [0.15, 0.2) is 5.65 Å². The lowest BCUT2D eigenvalue weighted by Gasteiger charge is -2.09. The molecular weight excluding hydrogens is 274 g/mol. The van der Waals surface area contributed by atoms with Crippen molar-refractivity contribution < 1.29 is 4.79 Å². The Kier molecular flexibility index (Phi) is 3.16. The maximum absolute atomic E-state index is 11.3. The zero-order valence-electron chi connectivity index (χ0n) is 10.8. The highest BCUT2D eigenvalue weighted by atomic mass is 35.5. The highest BCUT2D eigenvalue weighted by molar-refractivity contribution is 6.29. The van der Waals surface area contributed by atoms with Crippen molar-refractivity contribution >= 4 is 28.8 Å². The number of hydrogen-bond acceptors (Lipinski definition) is 2. The zero-order chi connectivity index (χ0) is 14.1. The Balaban J connectivity index is 2.24. The minimum absolute atomic E-state index is 0.142. The van der Waals surface area contributed by atoms with E-state index in [1.165, 1.54) is 6.92 Å². The minimum atomic E-state index is -0.142. The smallest absolute Gasteiger partial charge is 0.221 e. The molecule has 2 aromatic heterocycles. The van der Waals surface area contributed by atoms with Gasteiger partial charge in [-0.15, -0.1) is 0 Å². The number of amides is 1. The highest BCUT2D eigenvalue weighted by Gasteiger charge is 2.10. The van der Waals surface area contributed by atoms with Crippen LogP contribution in [0.25, 0.3) is 16.8 Å². The summed E-state index contributed by atoms with van der Waals surface area (Å²) in [5.74, 6) is -0.142. The molecule has 2 heterocycles. The zero-order valence-corrected chi connectivity index (χ0v) is 11.6. The number of pyridine rings is 1. The quantitative estimate of drug-likeness (QED) is 0.782. The lowest BCUT2D eigenvalue weighted by atomic mass is 10.1. The SMILES string of the molecule is CC(=O)Nc1cc(-c2ccccc2)cn2c(Cl)cnc12. The van der Waals surface area contributed by atoms with Crippen molar-refractivity contribution in [2.24, 2.45) is 0 Å². The normalized spacial score (nSPS) is 10.7. The summed E-state index contributed by atoms with van der Waals surface area (Å²) in [6.07, 6.45) is 3.47. The van der Waals surface area contributed by atoms with Crippen molar-refractivity contribution in [1.29, 1.82) is 0 Å². The van der Waals surface area contributed by atoms with Crippen LogP contribution in [0.1, 0.15) is 6.92 Å². The molecule has 4 nitrogen and oxygen atoms in total. The number of anilines is 1. The molecule has 0 bridgehead atoms. The van der Waals surface area contributed by atoms with Crippen LogP contribution in [0.4, 0.5) is 5.69 Å². The molecule has 0 atom stereocenters. The summed E-state index contributed by atoms with van der Waals surface area (Å²) in [4.78, 5) is 15.6. The summed E-state index contributed by atoms with van der Waals surface area (Å²) in [5.41, 5.74) is 3.28. The topological polar surface area (TPSA) is 46.4 Å². The van der Waals surface area contributed by atoms with E-state index in [1.807, 2.05) is 42.6 Å². The Labute approximate surface area is 121 Å². The van der Waals surface area contributed by atoms with Gasteiger partial charge in [-0.2, -0.15) is 0 Å². The van der Waals surface area contributed by atoms with Crippen LogP contribution in [0.15, 0.2) is 48.8 Å². The number of carbonyl (C=O) groups excluding carboxylic acids is 1. The van der Waals surface area contributed by atoms with Crippen LogP contribution in [0.2, 0.25) is 5.15 Å². The van der Waals surface area contributed by atoms with Gasteiger partial charge in [0.25, 0.3) is 0 Å². The van der Waals surface area contributed by atoms with Crippen LogP contribution in [0.3, 0.4) is 0 Å². The van der Waals surface area contributed by atoms with E-state index in [0.29, 0.717) is 16.5 Å². The van der Waals surface area contributed by atoms with Gasteiger partial charge in [0, 0.05) is 18.7 Å². The maximum Gasteiger partial charge on any atom is 0.221 e. The first-order chi connectivity index (χ1) is 9.65. The molecule has 1 N–H and O–H groups in total. The van der Waals surface area contributed by atoms with Crippen molar-refractivity contribution in [2.75, 3.05) is 5.32 Å². The average molecular weight is 286 g/mol. The first-order valence-corrected chi connectivity index (χ1v) is 6.52. The predicted octanol–water partition coefficient (Wildman–Crippen LogP) is 3.61. The van der Waals surface area contributed by atoms with E-state index in [-0.39, 0.29) is 5.91 Å². The van der Waals surface area contributed by atoms with Crippen LogP contribution >= 0.6 is 11.6 Å². The van der Waals surface area contributed by atoms with Gasteiger partial charge in [0.05, 0.1) is 11.9 Å². The monoisotopic (exact) mass is 285 g/mol. The summed E-state index contributed by atoms with van der Waals surface area (Å²) in [6, 6.07) is 11.8. The molecule has 0 saturated carbocycles. The second-order valence-corrected chi connectivity index (χ2v) is 4.85. The molecule has 100 valence electrons. The highest BCUT2D eigenvalue weighted by Crippen LogP contribution is 2.28. The van der Waals surface area contributed by atoms with Gasteiger partial charge >= 0.3 is 0 Å². The Morgan fingerprint density at radius 3 is 2.70 bits per heavy atom. The molecule has 3 aromatic rings. The molecule has 0 saturated heterocycles. The average Bonchev–Trinajstić information content (AvgIpc) is 2.81. The van der Waals surface area contributed by atoms with Crippen molar-refractivity contribution in [3.05, 3.63) is 53.9 Å². The van der Waals surface area contributed by atoms with Crippen LogP contribution in [-0.2, 0) is 4.79 Å². The number of fused-ring (bicyclic) bond motifs is 1. The van der Waals surface area contributed by atoms with Gasteiger partial charge in [-0.25, -0.2) is 4.98 Å². The molecule has 0 aliphatic heterocycles. The van der Waals surface area contributed by atoms with Crippen molar-refractivity contribution in [2.45, 2.75) is 6.92 Å². The molecule has 0 fully saturated rings. The number of aromatic nitrogens is 2. The van der Waals surface area contributed by atoms with Crippen LogP contribution < -0.4 is 5.32 Å².